The first kappa shape index (κ1) is 19.2. The van der Waals surface area contributed by atoms with Crippen LogP contribution in [0.25, 0.3) is 10.7 Å². The van der Waals surface area contributed by atoms with E-state index in [0.717, 1.165) is 42.0 Å². The van der Waals surface area contributed by atoms with E-state index in [9.17, 15) is 0 Å². The summed E-state index contributed by atoms with van der Waals surface area (Å²) in [7, 11) is 0. The van der Waals surface area contributed by atoms with E-state index >= 15 is 0 Å². The average molecular weight is 402 g/mol. The zero-order chi connectivity index (χ0) is 19.9. The largest absolute Gasteiger partial charge is 0.325 e. The Morgan fingerprint density at radius 1 is 0.862 bits per heavy atom. The second kappa shape index (κ2) is 9.41. The van der Waals surface area contributed by atoms with Gasteiger partial charge < -0.3 is 5.32 Å². The predicted molar refractivity (Wildman–Crippen MR) is 119 cm³/mol. The van der Waals surface area contributed by atoms with Crippen molar-refractivity contribution in [1.82, 2.24) is 19.9 Å². The summed E-state index contributed by atoms with van der Waals surface area (Å²) in [6, 6.07) is 20.6. The summed E-state index contributed by atoms with van der Waals surface area (Å²) >= 11 is 1.58. The van der Waals surface area contributed by atoms with Gasteiger partial charge in [-0.1, -0.05) is 49.4 Å². The van der Waals surface area contributed by atoms with Gasteiger partial charge in [0, 0.05) is 30.9 Å². The minimum atomic E-state index is 0.761. The number of hydrogen-bond donors (Lipinski definition) is 1. The van der Waals surface area contributed by atoms with Crippen molar-refractivity contribution in [3.05, 3.63) is 89.6 Å². The third-order valence-corrected chi connectivity index (χ3v) is 5.38. The average Bonchev–Trinajstić information content (AvgIpc) is 3.31. The molecule has 0 saturated heterocycles. The van der Waals surface area contributed by atoms with Gasteiger partial charge in [-0.2, -0.15) is 0 Å². The Hall–Kier alpha value is -3.09. The number of anilines is 2. The number of aromatic nitrogens is 3. The first-order valence-corrected chi connectivity index (χ1v) is 10.5. The summed E-state index contributed by atoms with van der Waals surface area (Å²) in [6.07, 6.45) is 3.72. The number of rotatable bonds is 8. The quantitative estimate of drug-likeness (QED) is 0.430. The van der Waals surface area contributed by atoms with E-state index in [1.54, 1.807) is 17.5 Å². The third-order valence-electron chi connectivity index (χ3n) is 4.58. The van der Waals surface area contributed by atoms with Gasteiger partial charge in [-0.3, -0.25) is 4.90 Å². The molecule has 3 heterocycles. The molecule has 4 aromatic rings. The van der Waals surface area contributed by atoms with Gasteiger partial charge in [-0.15, -0.1) is 11.3 Å². The molecule has 3 aromatic heterocycles. The summed E-state index contributed by atoms with van der Waals surface area (Å²) in [5, 5.41) is 6.15. The second-order valence-electron chi connectivity index (χ2n) is 6.71. The molecule has 0 fully saturated rings. The lowest BCUT2D eigenvalue weighted by atomic mass is 10.2. The van der Waals surface area contributed by atoms with Crippen molar-refractivity contribution in [2.75, 3.05) is 11.9 Å². The zero-order valence-corrected chi connectivity index (χ0v) is 17.1. The molecule has 0 aliphatic carbocycles. The summed E-state index contributed by atoms with van der Waals surface area (Å²) < 4.78 is 0. The van der Waals surface area contributed by atoms with E-state index in [1.807, 2.05) is 35.8 Å². The third kappa shape index (κ3) is 5.25. The molecular formula is C23H23N5S. The van der Waals surface area contributed by atoms with Crippen molar-refractivity contribution in [1.29, 1.82) is 0 Å². The lowest BCUT2D eigenvalue weighted by molar-refractivity contribution is 0.271. The van der Waals surface area contributed by atoms with E-state index in [0.29, 0.717) is 0 Å². The molecule has 0 aliphatic rings. The summed E-state index contributed by atoms with van der Waals surface area (Å²) in [5.41, 5.74) is 3.38. The van der Waals surface area contributed by atoms with Gasteiger partial charge in [-0.25, -0.2) is 15.0 Å². The standard InChI is InChI=1S/C23H23N5S/c1-2-28(16-18-7-4-3-5-8-18)17-19-11-12-21(25-15-19)27-22-10-6-9-20(26-22)23-24-13-14-29-23/h3-15H,2,16-17H2,1H3,(H,25,26,27). The first-order valence-electron chi connectivity index (χ1n) is 9.65. The Bertz CT molecular complexity index is 1020. The van der Waals surface area contributed by atoms with Crippen LogP contribution < -0.4 is 5.32 Å². The van der Waals surface area contributed by atoms with Gasteiger partial charge in [0.1, 0.15) is 22.3 Å². The van der Waals surface area contributed by atoms with Crippen LogP contribution in [0.2, 0.25) is 0 Å². The molecular weight excluding hydrogens is 378 g/mol. The van der Waals surface area contributed by atoms with Crippen LogP contribution in [0, 0.1) is 0 Å². The number of pyridine rings is 2. The summed E-state index contributed by atoms with van der Waals surface area (Å²) in [4.78, 5) is 15.9. The Kier molecular flexibility index (Phi) is 6.24. The van der Waals surface area contributed by atoms with E-state index in [2.05, 4.69) is 68.5 Å². The molecule has 0 unspecified atom stereocenters. The highest BCUT2D eigenvalue weighted by atomic mass is 32.1. The molecule has 0 bridgehead atoms. The normalized spacial score (nSPS) is 11.0. The van der Waals surface area contributed by atoms with Crippen LogP contribution in [-0.2, 0) is 13.1 Å². The highest BCUT2D eigenvalue weighted by Gasteiger charge is 2.07. The Morgan fingerprint density at radius 2 is 1.72 bits per heavy atom. The minimum absolute atomic E-state index is 0.761. The van der Waals surface area contributed by atoms with Crippen LogP contribution in [0.1, 0.15) is 18.1 Å². The SMILES string of the molecule is CCN(Cc1ccccc1)Cc1ccc(Nc2cccc(-c3nccs3)n2)nc1. The van der Waals surface area contributed by atoms with Gasteiger partial charge in [0.2, 0.25) is 0 Å². The van der Waals surface area contributed by atoms with Gasteiger partial charge in [0.05, 0.1) is 0 Å². The molecule has 5 nitrogen and oxygen atoms in total. The molecule has 6 heteroatoms. The second-order valence-corrected chi connectivity index (χ2v) is 7.61. The fourth-order valence-corrected chi connectivity index (χ4v) is 3.68. The predicted octanol–water partition coefficient (Wildman–Crippen LogP) is 5.37. The monoisotopic (exact) mass is 401 g/mol. The maximum absolute atomic E-state index is 4.63. The van der Waals surface area contributed by atoms with Crippen LogP contribution in [0.5, 0.6) is 0 Å². The maximum Gasteiger partial charge on any atom is 0.141 e. The molecule has 29 heavy (non-hydrogen) atoms. The summed E-state index contributed by atoms with van der Waals surface area (Å²) in [5.74, 6) is 1.54. The minimum Gasteiger partial charge on any atom is -0.325 e. The maximum atomic E-state index is 4.63. The van der Waals surface area contributed by atoms with Crippen LogP contribution in [0.15, 0.2) is 78.4 Å². The van der Waals surface area contributed by atoms with Crippen molar-refractivity contribution in [3.63, 3.8) is 0 Å². The molecule has 0 spiro atoms. The molecule has 0 aliphatic heterocycles. The van der Waals surface area contributed by atoms with Crippen molar-refractivity contribution in [2.24, 2.45) is 0 Å². The lowest BCUT2D eigenvalue weighted by Crippen LogP contribution is -2.22. The number of nitrogens with zero attached hydrogens (tertiary/aromatic N) is 4. The molecule has 4 rings (SSSR count). The van der Waals surface area contributed by atoms with Gasteiger partial charge >= 0.3 is 0 Å². The lowest BCUT2D eigenvalue weighted by Gasteiger charge is -2.20. The van der Waals surface area contributed by atoms with Crippen LogP contribution >= 0.6 is 11.3 Å². The van der Waals surface area contributed by atoms with Crippen LogP contribution in [0.3, 0.4) is 0 Å². The van der Waals surface area contributed by atoms with Gasteiger partial charge in [-0.05, 0) is 35.9 Å². The molecule has 1 aromatic carbocycles. The Labute approximate surface area is 175 Å². The number of thiazole rings is 1. The van der Waals surface area contributed by atoms with E-state index in [1.165, 1.54) is 11.1 Å². The van der Waals surface area contributed by atoms with E-state index in [-0.39, 0.29) is 0 Å². The van der Waals surface area contributed by atoms with Gasteiger partial charge in [0.25, 0.3) is 0 Å². The number of benzene rings is 1. The molecule has 1 N–H and O–H groups in total. The summed E-state index contributed by atoms with van der Waals surface area (Å²) in [6.45, 7) is 4.98. The van der Waals surface area contributed by atoms with Gasteiger partial charge in [0.15, 0.2) is 0 Å². The molecule has 0 saturated carbocycles. The smallest absolute Gasteiger partial charge is 0.141 e. The fourth-order valence-electron chi connectivity index (χ4n) is 3.08. The zero-order valence-electron chi connectivity index (χ0n) is 16.3. The van der Waals surface area contributed by atoms with E-state index in [4.69, 9.17) is 0 Å². The first-order chi connectivity index (χ1) is 14.3. The fraction of sp³-hybridized carbons (Fsp3) is 0.174. The van der Waals surface area contributed by atoms with Crippen molar-refractivity contribution in [2.45, 2.75) is 20.0 Å². The molecule has 146 valence electrons. The number of hydrogen-bond acceptors (Lipinski definition) is 6. The Morgan fingerprint density at radius 3 is 2.45 bits per heavy atom. The van der Waals surface area contributed by atoms with Crippen LogP contribution in [-0.4, -0.2) is 26.4 Å². The molecule has 0 radical (unpaired) electrons. The number of nitrogens with one attached hydrogen (secondary N) is 1. The highest BCUT2D eigenvalue weighted by molar-refractivity contribution is 7.13. The van der Waals surface area contributed by atoms with E-state index < -0.39 is 0 Å². The molecule has 0 amide bonds. The topological polar surface area (TPSA) is 53.9 Å². The molecule has 0 atom stereocenters. The van der Waals surface area contributed by atoms with Crippen molar-refractivity contribution in [3.8, 4) is 10.7 Å². The Balaban J connectivity index is 1.39. The van der Waals surface area contributed by atoms with Crippen molar-refractivity contribution < 1.29 is 0 Å². The highest BCUT2D eigenvalue weighted by Crippen LogP contribution is 2.22. The van der Waals surface area contributed by atoms with Crippen molar-refractivity contribution >= 4 is 23.0 Å². The van der Waals surface area contributed by atoms with Crippen LogP contribution in [0.4, 0.5) is 11.6 Å².